The number of benzene rings is 2. The minimum absolute atomic E-state index is 0.105. The van der Waals surface area contributed by atoms with Crippen molar-refractivity contribution in [2.24, 2.45) is 0 Å². The van der Waals surface area contributed by atoms with Gasteiger partial charge in [-0.15, -0.1) is 10.2 Å². The van der Waals surface area contributed by atoms with E-state index in [9.17, 15) is 9.59 Å². The molecule has 3 rings (SSSR count). The first-order valence-electron chi connectivity index (χ1n) is 10.4. The van der Waals surface area contributed by atoms with Crippen LogP contribution in [0.1, 0.15) is 25.2 Å². The molecule has 0 radical (unpaired) electrons. The monoisotopic (exact) mass is 453 g/mol. The third-order valence-corrected chi connectivity index (χ3v) is 5.51. The number of aryl methyl sites for hydroxylation is 1. The van der Waals surface area contributed by atoms with E-state index in [2.05, 4.69) is 20.8 Å². The van der Waals surface area contributed by atoms with Crippen LogP contribution in [0.3, 0.4) is 0 Å². The fourth-order valence-corrected chi connectivity index (χ4v) is 3.81. The maximum Gasteiger partial charge on any atom is 0.234 e. The van der Waals surface area contributed by atoms with Gasteiger partial charge in [-0.3, -0.25) is 9.59 Å². The van der Waals surface area contributed by atoms with Crippen LogP contribution in [0.4, 0.5) is 11.4 Å². The van der Waals surface area contributed by atoms with Gasteiger partial charge in [0, 0.05) is 17.9 Å². The average molecular weight is 454 g/mol. The first-order chi connectivity index (χ1) is 15.5. The first-order valence-corrected chi connectivity index (χ1v) is 11.4. The second-order valence-corrected chi connectivity index (χ2v) is 7.97. The minimum atomic E-state index is -0.166. The predicted molar refractivity (Wildman–Crippen MR) is 126 cm³/mol. The number of hydrogen-bond donors (Lipinski definition) is 2. The molecular formula is C23H27N5O3S. The number of amides is 2. The molecule has 2 N–H and O–H groups in total. The van der Waals surface area contributed by atoms with Gasteiger partial charge in [-0.2, -0.15) is 0 Å². The Labute approximate surface area is 191 Å². The molecule has 2 amide bonds. The fraction of sp³-hybridized carbons (Fsp3) is 0.304. The third-order valence-electron chi connectivity index (χ3n) is 4.55. The summed E-state index contributed by atoms with van der Waals surface area (Å²) in [5, 5.41) is 14.7. The van der Waals surface area contributed by atoms with Gasteiger partial charge in [0.15, 0.2) is 5.16 Å². The largest absolute Gasteiger partial charge is 0.494 e. The quantitative estimate of drug-likeness (QED) is 0.452. The van der Waals surface area contributed by atoms with E-state index < -0.39 is 0 Å². The zero-order chi connectivity index (χ0) is 22.9. The Kier molecular flexibility index (Phi) is 8.27. The highest BCUT2D eigenvalue weighted by molar-refractivity contribution is 7.99. The van der Waals surface area contributed by atoms with Crippen LogP contribution >= 0.6 is 11.8 Å². The van der Waals surface area contributed by atoms with Crippen LogP contribution in [0.25, 0.3) is 0 Å². The van der Waals surface area contributed by atoms with E-state index in [-0.39, 0.29) is 24.0 Å². The Morgan fingerprint density at radius 3 is 2.19 bits per heavy atom. The van der Waals surface area contributed by atoms with Crippen LogP contribution in [-0.2, 0) is 22.6 Å². The molecule has 9 heteroatoms. The van der Waals surface area contributed by atoms with Gasteiger partial charge in [-0.25, -0.2) is 0 Å². The molecule has 0 saturated carbocycles. The number of anilines is 2. The molecular weight excluding hydrogens is 426 g/mol. The van der Waals surface area contributed by atoms with Crippen molar-refractivity contribution in [3.8, 4) is 5.75 Å². The zero-order valence-electron chi connectivity index (χ0n) is 18.4. The Hall–Kier alpha value is -3.33. The molecule has 1 heterocycles. The van der Waals surface area contributed by atoms with Crippen LogP contribution in [0.2, 0.25) is 0 Å². The number of nitrogens with zero attached hydrogens (tertiary/aromatic N) is 3. The summed E-state index contributed by atoms with van der Waals surface area (Å²) in [7, 11) is 0. The minimum Gasteiger partial charge on any atom is -0.494 e. The van der Waals surface area contributed by atoms with Crippen molar-refractivity contribution in [3.63, 3.8) is 0 Å². The summed E-state index contributed by atoms with van der Waals surface area (Å²) in [4.78, 5) is 24.7. The molecule has 0 unspecified atom stereocenters. The van der Waals surface area contributed by atoms with Gasteiger partial charge >= 0.3 is 0 Å². The Morgan fingerprint density at radius 2 is 1.56 bits per heavy atom. The lowest BCUT2D eigenvalue weighted by molar-refractivity contribution is -0.116. The van der Waals surface area contributed by atoms with E-state index in [1.165, 1.54) is 11.8 Å². The van der Waals surface area contributed by atoms with E-state index >= 15 is 0 Å². The number of hydrogen-bond acceptors (Lipinski definition) is 6. The summed E-state index contributed by atoms with van der Waals surface area (Å²) in [6, 6.07) is 14.8. The molecule has 0 bridgehead atoms. The molecule has 168 valence electrons. The lowest BCUT2D eigenvalue weighted by Crippen LogP contribution is -2.18. The molecule has 0 aliphatic rings. The lowest BCUT2D eigenvalue weighted by Gasteiger charge is -2.09. The summed E-state index contributed by atoms with van der Waals surface area (Å²) in [6.07, 6.45) is 0.105. The molecule has 2 aromatic carbocycles. The van der Waals surface area contributed by atoms with Gasteiger partial charge in [0.25, 0.3) is 0 Å². The van der Waals surface area contributed by atoms with Gasteiger partial charge in [0.1, 0.15) is 11.6 Å². The smallest absolute Gasteiger partial charge is 0.234 e. The number of carbonyl (C=O) groups excluding carboxylic acids is 2. The molecule has 0 saturated heterocycles. The molecule has 1 aromatic heterocycles. The zero-order valence-corrected chi connectivity index (χ0v) is 19.2. The summed E-state index contributed by atoms with van der Waals surface area (Å²) in [6.45, 7) is 7.06. The van der Waals surface area contributed by atoms with Gasteiger partial charge in [-0.1, -0.05) is 29.5 Å². The van der Waals surface area contributed by atoms with Crippen LogP contribution in [0, 0.1) is 6.92 Å². The topological polar surface area (TPSA) is 98.1 Å². The van der Waals surface area contributed by atoms with E-state index in [1.807, 2.05) is 61.7 Å². The van der Waals surface area contributed by atoms with E-state index in [0.29, 0.717) is 29.8 Å². The first kappa shape index (κ1) is 23.3. The number of rotatable bonds is 10. The molecule has 8 nitrogen and oxygen atoms in total. The molecule has 0 aliphatic carbocycles. The average Bonchev–Trinajstić information content (AvgIpc) is 3.16. The predicted octanol–water partition coefficient (Wildman–Crippen LogP) is 3.92. The SMILES string of the molecule is CCOc1ccc(NC(=O)CSc2nnc(CC(=O)Nc3ccc(C)cc3)n2CC)cc1. The standard InChI is InChI=1S/C23H27N5O3S/c1-4-28-20(14-21(29)24-17-8-6-16(3)7-9-17)26-27-23(28)32-15-22(30)25-18-10-12-19(13-11-18)31-5-2/h6-13H,4-5,14-15H2,1-3H3,(H,24,29)(H,25,30). The number of nitrogens with one attached hydrogen (secondary N) is 2. The highest BCUT2D eigenvalue weighted by atomic mass is 32.2. The van der Waals surface area contributed by atoms with Gasteiger partial charge in [0.05, 0.1) is 18.8 Å². The van der Waals surface area contributed by atoms with E-state index in [1.54, 1.807) is 12.1 Å². The molecule has 3 aromatic rings. The lowest BCUT2D eigenvalue weighted by atomic mass is 10.2. The highest BCUT2D eigenvalue weighted by Gasteiger charge is 2.16. The van der Waals surface area contributed by atoms with Crippen molar-refractivity contribution in [1.29, 1.82) is 0 Å². The second-order valence-electron chi connectivity index (χ2n) is 7.03. The van der Waals surface area contributed by atoms with Crippen LogP contribution in [0.15, 0.2) is 53.7 Å². The Bertz CT molecular complexity index is 1050. The number of ether oxygens (including phenoxy) is 1. The van der Waals surface area contributed by atoms with E-state index in [0.717, 1.165) is 17.0 Å². The molecule has 0 aliphatic heterocycles. The normalized spacial score (nSPS) is 10.6. The summed E-state index contributed by atoms with van der Waals surface area (Å²) < 4.78 is 7.25. The van der Waals surface area contributed by atoms with Crippen LogP contribution < -0.4 is 15.4 Å². The van der Waals surface area contributed by atoms with Crippen molar-refractivity contribution in [2.45, 2.75) is 38.9 Å². The molecule has 0 atom stereocenters. The maximum absolute atomic E-state index is 12.4. The van der Waals surface area contributed by atoms with Gasteiger partial charge in [-0.05, 0) is 57.2 Å². The van der Waals surface area contributed by atoms with Crippen LogP contribution in [-0.4, -0.2) is 38.9 Å². The molecule has 32 heavy (non-hydrogen) atoms. The van der Waals surface area contributed by atoms with Crippen molar-refractivity contribution in [2.75, 3.05) is 23.0 Å². The van der Waals surface area contributed by atoms with Crippen LogP contribution in [0.5, 0.6) is 5.75 Å². The van der Waals surface area contributed by atoms with Gasteiger partial charge < -0.3 is 19.9 Å². The number of thioether (sulfide) groups is 1. The second kappa shape index (κ2) is 11.3. The highest BCUT2D eigenvalue weighted by Crippen LogP contribution is 2.20. The van der Waals surface area contributed by atoms with E-state index in [4.69, 9.17) is 4.74 Å². The molecule has 0 fully saturated rings. The summed E-state index contributed by atoms with van der Waals surface area (Å²) >= 11 is 1.28. The Morgan fingerprint density at radius 1 is 0.938 bits per heavy atom. The summed E-state index contributed by atoms with van der Waals surface area (Å²) in [5.41, 5.74) is 2.56. The van der Waals surface area contributed by atoms with Crippen molar-refractivity contribution in [3.05, 3.63) is 59.9 Å². The number of carbonyl (C=O) groups is 2. The van der Waals surface area contributed by atoms with Gasteiger partial charge in [0.2, 0.25) is 11.8 Å². The Balaban J connectivity index is 1.54. The fourth-order valence-electron chi connectivity index (χ4n) is 2.99. The van der Waals surface area contributed by atoms with Crippen molar-refractivity contribution >= 4 is 35.0 Å². The summed E-state index contributed by atoms with van der Waals surface area (Å²) in [5.74, 6) is 1.19. The van der Waals surface area contributed by atoms with Crippen molar-refractivity contribution < 1.29 is 14.3 Å². The number of aromatic nitrogens is 3. The maximum atomic E-state index is 12.4. The van der Waals surface area contributed by atoms with Crippen molar-refractivity contribution in [1.82, 2.24) is 14.8 Å². The third kappa shape index (κ3) is 6.58. The molecule has 0 spiro atoms.